The van der Waals surface area contributed by atoms with Gasteiger partial charge in [-0.1, -0.05) is 19.8 Å². The zero-order valence-corrected chi connectivity index (χ0v) is 19.9. The van der Waals surface area contributed by atoms with Gasteiger partial charge in [0.25, 0.3) is 0 Å². The van der Waals surface area contributed by atoms with E-state index in [1.165, 1.54) is 38.5 Å². The maximum absolute atomic E-state index is 2.69. The number of piperidine rings is 2. The first kappa shape index (κ1) is 22.2. The fourth-order valence-corrected chi connectivity index (χ4v) is 6.61. The van der Waals surface area contributed by atoms with E-state index in [1.54, 1.807) is 0 Å². The molecule has 0 aromatic carbocycles. The Morgan fingerprint density at radius 3 is 1.38 bits per heavy atom. The Morgan fingerprint density at radius 2 is 1.08 bits per heavy atom. The van der Waals surface area contributed by atoms with Gasteiger partial charge in [-0.15, -0.1) is 0 Å². The standard InChI is InChI=1S/C24H48N2/c1-12-13-18(19-14-16-21(2,3)25(10)23(19,6)7)20-15-17-22(4,5)26(11)24(20,8)9/h18-20H,12-17H2,1-11H3. The summed E-state index contributed by atoms with van der Waals surface area (Å²) in [7, 11) is 4.74. The van der Waals surface area contributed by atoms with Gasteiger partial charge in [0.15, 0.2) is 0 Å². The van der Waals surface area contributed by atoms with Crippen LogP contribution in [-0.2, 0) is 0 Å². The Balaban J connectivity index is 2.37. The third kappa shape index (κ3) is 3.62. The average Bonchev–Trinajstić information content (AvgIpc) is 2.50. The zero-order chi connectivity index (χ0) is 20.1. The highest BCUT2D eigenvalue weighted by atomic mass is 15.3. The van der Waals surface area contributed by atoms with Gasteiger partial charge in [-0.2, -0.15) is 0 Å². The molecule has 0 saturated carbocycles. The fourth-order valence-electron chi connectivity index (χ4n) is 6.61. The van der Waals surface area contributed by atoms with Gasteiger partial charge in [0.2, 0.25) is 0 Å². The minimum atomic E-state index is 0.267. The third-order valence-electron chi connectivity index (χ3n) is 9.15. The van der Waals surface area contributed by atoms with Crippen LogP contribution in [0.2, 0.25) is 0 Å². The molecule has 0 bridgehead atoms. The molecule has 26 heavy (non-hydrogen) atoms. The van der Waals surface area contributed by atoms with Crippen LogP contribution < -0.4 is 0 Å². The summed E-state index contributed by atoms with van der Waals surface area (Å²) >= 11 is 0. The summed E-state index contributed by atoms with van der Waals surface area (Å²) in [6.07, 6.45) is 8.11. The fraction of sp³-hybridized carbons (Fsp3) is 1.00. The lowest BCUT2D eigenvalue weighted by atomic mass is 9.57. The molecule has 0 aromatic rings. The minimum Gasteiger partial charge on any atom is -0.296 e. The van der Waals surface area contributed by atoms with Crippen LogP contribution in [0.5, 0.6) is 0 Å². The summed E-state index contributed by atoms with van der Waals surface area (Å²) in [6.45, 7) is 22.2. The molecule has 2 aliphatic rings. The first-order valence-corrected chi connectivity index (χ1v) is 11.2. The Kier molecular flexibility index (Phi) is 6.04. The quantitative estimate of drug-likeness (QED) is 0.586. The van der Waals surface area contributed by atoms with Crippen molar-refractivity contribution >= 4 is 0 Å². The van der Waals surface area contributed by atoms with E-state index in [1.807, 2.05) is 0 Å². The van der Waals surface area contributed by atoms with Gasteiger partial charge in [0.05, 0.1) is 0 Å². The molecular weight excluding hydrogens is 316 g/mol. The van der Waals surface area contributed by atoms with Crippen molar-refractivity contribution in [3.8, 4) is 0 Å². The maximum Gasteiger partial charge on any atom is 0.0186 e. The second-order valence-electron chi connectivity index (χ2n) is 11.8. The summed E-state index contributed by atoms with van der Waals surface area (Å²) in [5.41, 5.74) is 1.17. The van der Waals surface area contributed by atoms with Crippen molar-refractivity contribution in [2.45, 2.75) is 123 Å². The molecule has 2 nitrogen and oxygen atoms in total. The second kappa shape index (κ2) is 7.07. The first-order chi connectivity index (χ1) is 11.7. The van der Waals surface area contributed by atoms with Crippen LogP contribution in [0.25, 0.3) is 0 Å². The molecule has 0 N–H and O–H groups in total. The Morgan fingerprint density at radius 1 is 0.731 bits per heavy atom. The number of rotatable bonds is 4. The topological polar surface area (TPSA) is 6.48 Å². The molecule has 0 aliphatic carbocycles. The summed E-state index contributed by atoms with van der Waals surface area (Å²) < 4.78 is 0. The Hall–Kier alpha value is -0.0800. The van der Waals surface area contributed by atoms with E-state index in [4.69, 9.17) is 0 Å². The second-order valence-corrected chi connectivity index (χ2v) is 11.8. The van der Waals surface area contributed by atoms with Crippen molar-refractivity contribution in [1.29, 1.82) is 0 Å². The molecule has 0 radical (unpaired) electrons. The molecule has 2 fully saturated rings. The molecule has 0 spiro atoms. The minimum absolute atomic E-state index is 0.267. The van der Waals surface area contributed by atoms with Gasteiger partial charge in [0.1, 0.15) is 0 Å². The molecule has 2 heteroatoms. The summed E-state index contributed by atoms with van der Waals surface area (Å²) in [5, 5.41) is 0. The van der Waals surface area contributed by atoms with E-state index in [9.17, 15) is 0 Å². The Labute approximate surface area is 165 Å². The predicted octanol–water partition coefficient (Wildman–Crippen LogP) is 6.20. The highest BCUT2D eigenvalue weighted by Crippen LogP contribution is 2.53. The third-order valence-corrected chi connectivity index (χ3v) is 9.15. The maximum atomic E-state index is 2.69. The molecular formula is C24H48N2. The number of likely N-dealkylation sites (tertiary alicyclic amines) is 2. The van der Waals surface area contributed by atoms with Crippen LogP contribution in [0, 0.1) is 17.8 Å². The van der Waals surface area contributed by atoms with E-state index in [2.05, 4.69) is 86.2 Å². The summed E-state index contributed by atoms with van der Waals surface area (Å²) in [6, 6.07) is 0. The van der Waals surface area contributed by atoms with Gasteiger partial charge in [-0.25, -0.2) is 0 Å². The monoisotopic (exact) mass is 364 g/mol. The van der Waals surface area contributed by atoms with E-state index < -0.39 is 0 Å². The SMILES string of the molecule is CCCC(C1CCC(C)(C)N(C)C1(C)C)C1CCC(C)(C)N(C)C1(C)C. The first-order valence-electron chi connectivity index (χ1n) is 11.2. The highest BCUT2D eigenvalue weighted by Gasteiger charge is 2.53. The van der Waals surface area contributed by atoms with E-state index in [0.29, 0.717) is 11.1 Å². The van der Waals surface area contributed by atoms with Gasteiger partial charge in [-0.05, 0) is 113 Å². The lowest BCUT2D eigenvalue weighted by molar-refractivity contribution is -0.117. The molecule has 2 atom stereocenters. The lowest BCUT2D eigenvalue weighted by Crippen LogP contribution is -2.66. The summed E-state index contributed by atoms with van der Waals surface area (Å²) in [5.74, 6) is 2.40. The molecule has 2 saturated heterocycles. The lowest BCUT2D eigenvalue weighted by Gasteiger charge is -2.62. The molecule has 0 amide bonds. The van der Waals surface area contributed by atoms with E-state index in [-0.39, 0.29) is 11.1 Å². The largest absolute Gasteiger partial charge is 0.296 e. The highest BCUT2D eigenvalue weighted by molar-refractivity contribution is 5.07. The molecule has 2 heterocycles. The predicted molar refractivity (Wildman–Crippen MR) is 116 cm³/mol. The van der Waals surface area contributed by atoms with Crippen molar-refractivity contribution in [1.82, 2.24) is 9.80 Å². The smallest absolute Gasteiger partial charge is 0.0186 e. The van der Waals surface area contributed by atoms with Crippen LogP contribution in [0.4, 0.5) is 0 Å². The van der Waals surface area contributed by atoms with Crippen molar-refractivity contribution < 1.29 is 0 Å². The van der Waals surface area contributed by atoms with Crippen LogP contribution in [0.1, 0.15) is 101 Å². The van der Waals surface area contributed by atoms with Gasteiger partial charge in [-0.3, -0.25) is 9.80 Å². The van der Waals surface area contributed by atoms with Crippen LogP contribution in [-0.4, -0.2) is 46.1 Å². The van der Waals surface area contributed by atoms with Gasteiger partial charge in [0, 0.05) is 22.2 Å². The van der Waals surface area contributed by atoms with Crippen molar-refractivity contribution in [3.63, 3.8) is 0 Å². The Bertz CT molecular complexity index is 446. The summed E-state index contributed by atoms with van der Waals surface area (Å²) in [4.78, 5) is 5.39. The van der Waals surface area contributed by atoms with Crippen molar-refractivity contribution in [3.05, 3.63) is 0 Å². The molecule has 2 rings (SSSR count). The zero-order valence-electron chi connectivity index (χ0n) is 19.9. The van der Waals surface area contributed by atoms with Crippen molar-refractivity contribution in [2.75, 3.05) is 14.1 Å². The molecule has 2 aliphatic heterocycles. The van der Waals surface area contributed by atoms with Gasteiger partial charge >= 0.3 is 0 Å². The number of nitrogens with zero attached hydrogens (tertiary/aromatic N) is 2. The molecule has 2 unspecified atom stereocenters. The van der Waals surface area contributed by atoms with Crippen molar-refractivity contribution in [2.24, 2.45) is 17.8 Å². The molecule has 154 valence electrons. The molecule has 0 aromatic heterocycles. The van der Waals surface area contributed by atoms with E-state index >= 15 is 0 Å². The normalized spacial score (nSPS) is 35.2. The van der Waals surface area contributed by atoms with Crippen LogP contribution >= 0.6 is 0 Å². The van der Waals surface area contributed by atoms with Gasteiger partial charge < -0.3 is 0 Å². The van der Waals surface area contributed by atoms with E-state index in [0.717, 1.165) is 17.8 Å². The van der Waals surface area contributed by atoms with Crippen LogP contribution in [0.15, 0.2) is 0 Å². The number of hydrogen-bond acceptors (Lipinski definition) is 2. The average molecular weight is 365 g/mol. The van der Waals surface area contributed by atoms with Crippen LogP contribution in [0.3, 0.4) is 0 Å². The number of hydrogen-bond donors (Lipinski definition) is 0.